The Balaban J connectivity index is 2.34. The lowest BCUT2D eigenvalue weighted by Crippen LogP contribution is -2.26. The number of sulfonamides is 1. The van der Waals surface area contributed by atoms with Crippen molar-refractivity contribution in [3.8, 4) is 0 Å². The van der Waals surface area contributed by atoms with E-state index in [4.69, 9.17) is 0 Å². The molecular formula is C9H9F2NO2S. The first-order valence-corrected chi connectivity index (χ1v) is 5.95. The minimum Gasteiger partial charge on any atom is -0.208 e. The number of rotatable bonds is 3. The Kier molecular flexibility index (Phi) is 2.47. The first-order valence-electron chi connectivity index (χ1n) is 4.46. The van der Waals surface area contributed by atoms with Crippen molar-refractivity contribution in [2.45, 2.75) is 23.8 Å². The second kappa shape index (κ2) is 3.53. The Labute approximate surface area is 86.2 Å². The summed E-state index contributed by atoms with van der Waals surface area (Å²) in [5.41, 5.74) is 0. The lowest BCUT2D eigenvalue weighted by atomic mass is 10.3. The normalized spacial score (nSPS) is 16.7. The molecule has 0 amide bonds. The van der Waals surface area contributed by atoms with Crippen molar-refractivity contribution in [1.82, 2.24) is 4.72 Å². The van der Waals surface area contributed by atoms with Crippen molar-refractivity contribution < 1.29 is 17.2 Å². The third-order valence-electron chi connectivity index (χ3n) is 2.08. The van der Waals surface area contributed by atoms with Crippen LogP contribution in [0.3, 0.4) is 0 Å². The maximum Gasteiger partial charge on any atom is 0.243 e. The van der Waals surface area contributed by atoms with Gasteiger partial charge >= 0.3 is 0 Å². The highest BCUT2D eigenvalue weighted by molar-refractivity contribution is 7.89. The van der Waals surface area contributed by atoms with E-state index in [0.29, 0.717) is 6.07 Å². The molecule has 1 aliphatic rings. The average molecular weight is 233 g/mol. The van der Waals surface area contributed by atoms with Gasteiger partial charge in [0.1, 0.15) is 16.5 Å². The molecule has 0 atom stereocenters. The minimum atomic E-state index is -3.84. The number of hydrogen-bond acceptors (Lipinski definition) is 2. The van der Waals surface area contributed by atoms with Crippen LogP contribution in [0.2, 0.25) is 0 Å². The predicted molar refractivity (Wildman–Crippen MR) is 49.7 cm³/mol. The first-order chi connectivity index (χ1) is 6.99. The van der Waals surface area contributed by atoms with Crippen LogP contribution in [0, 0.1) is 11.6 Å². The van der Waals surface area contributed by atoms with Crippen molar-refractivity contribution in [2.24, 2.45) is 0 Å². The Bertz CT molecular complexity index is 483. The van der Waals surface area contributed by atoms with Gasteiger partial charge in [0.05, 0.1) is 0 Å². The van der Waals surface area contributed by atoms with E-state index < -0.39 is 26.6 Å². The predicted octanol–water partition coefficient (Wildman–Crippen LogP) is 1.41. The van der Waals surface area contributed by atoms with Gasteiger partial charge in [-0.15, -0.1) is 0 Å². The maximum atomic E-state index is 13.2. The third kappa shape index (κ3) is 2.32. The lowest BCUT2D eigenvalue weighted by molar-refractivity contribution is 0.543. The average Bonchev–Trinajstić information content (AvgIpc) is 2.86. The van der Waals surface area contributed by atoms with Gasteiger partial charge in [-0.2, -0.15) is 0 Å². The van der Waals surface area contributed by atoms with Crippen LogP contribution < -0.4 is 4.72 Å². The zero-order valence-corrected chi connectivity index (χ0v) is 8.52. The van der Waals surface area contributed by atoms with Gasteiger partial charge in [-0.1, -0.05) is 0 Å². The van der Waals surface area contributed by atoms with Gasteiger partial charge in [0, 0.05) is 12.1 Å². The van der Waals surface area contributed by atoms with E-state index in [1.807, 2.05) is 0 Å². The molecule has 0 bridgehead atoms. The fourth-order valence-electron chi connectivity index (χ4n) is 1.18. The zero-order valence-electron chi connectivity index (χ0n) is 7.70. The first kappa shape index (κ1) is 10.5. The molecule has 1 aromatic rings. The standard InChI is InChI=1S/C9H9F2NO2S/c10-6-1-4-9(8(11)5-6)15(13,14)12-7-2-3-7/h1,4-5,7,12H,2-3H2. The van der Waals surface area contributed by atoms with E-state index in [9.17, 15) is 17.2 Å². The molecular weight excluding hydrogens is 224 g/mol. The molecule has 1 aliphatic carbocycles. The minimum absolute atomic E-state index is 0.0977. The molecule has 0 heterocycles. The molecule has 0 spiro atoms. The Morgan fingerprint density at radius 2 is 1.93 bits per heavy atom. The molecule has 0 aliphatic heterocycles. The molecule has 3 nitrogen and oxygen atoms in total. The molecule has 1 N–H and O–H groups in total. The second-order valence-corrected chi connectivity index (χ2v) is 5.15. The van der Waals surface area contributed by atoms with Gasteiger partial charge in [-0.05, 0) is 25.0 Å². The molecule has 15 heavy (non-hydrogen) atoms. The van der Waals surface area contributed by atoms with Gasteiger partial charge in [0.2, 0.25) is 10.0 Å². The van der Waals surface area contributed by atoms with E-state index in [2.05, 4.69) is 4.72 Å². The number of halogens is 2. The van der Waals surface area contributed by atoms with Gasteiger partial charge < -0.3 is 0 Å². The van der Waals surface area contributed by atoms with Crippen LogP contribution in [-0.2, 0) is 10.0 Å². The van der Waals surface area contributed by atoms with Crippen molar-refractivity contribution in [3.05, 3.63) is 29.8 Å². The Morgan fingerprint density at radius 3 is 2.47 bits per heavy atom. The molecule has 1 saturated carbocycles. The van der Waals surface area contributed by atoms with E-state index >= 15 is 0 Å². The van der Waals surface area contributed by atoms with E-state index in [0.717, 1.165) is 25.0 Å². The molecule has 0 unspecified atom stereocenters. The van der Waals surface area contributed by atoms with E-state index in [1.165, 1.54) is 0 Å². The van der Waals surface area contributed by atoms with Crippen LogP contribution in [-0.4, -0.2) is 14.5 Å². The summed E-state index contributed by atoms with van der Waals surface area (Å²) in [7, 11) is -3.84. The summed E-state index contributed by atoms with van der Waals surface area (Å²) in [6.45, 7) is 0. The van der Waals surface area contributed by atoms with Crippen LogP contribution in [0.4, 0.5) is 8.78 Å². The van der Waals surface area contributed by atoms with Gasteiger partial charge in [-0.3, -0.25) is 0 Å². The second-order valence-electron chi connectivity index (χ2n) is 3.47. The molecule has 0 aromatic heterocycles. The largest absolute Gasteiger partial charge is 0.243 e. The molecule has 0 saturated heterocycles. The van der Waals surface area contributed by atoms with Crippen molar-refractivity contribution in [3.63, 3.8) is 0 Å². The van der Waals surface area contributed by atoms with Crippen LogP contribution in [0.5, 0.6) is 0 Å². The van der Waals surface area contributed by atoms with Crippen LogP contribution in [0.1, 0.15) is 12.8 Å². The summed E-state index contributed by atoms with van der Waals surface area (Å²) in [6, 6.07) is 2.31. The maximum absolute atomic E-state index is 13.2. The van der Waals surface area contributed by atoms with Crippen LogP contribution in [0.15, 0.2) is 23.1 Å². The number of hydrogen-bond donors (Lipinski definition) is 1. The lowest BCUT2D eigenvalue weighted by Gasteiger charge is -2.05. The monoisotopic (exact) mass is 233 g/mol. The summed E-state index contributed by atoms with van der Waals surface area (Å²) in [5, 5.41) is 0. The molecule has 1 fully saturated rings. The molecule has 1 aromatic carbocycles. The van der Waals surface area contributed by atoms with Gasteiger partial charge in [0.15, 0.2) is 0 Å². The number of benzene rings is 1. The van der Waals surface area contributed by atoms with E-state index in [1.54, 1.807) is 0 Å². The highest BCUT2D eigenvalue weighted by Gasteiger charge is 2.29. The fourth-order valence-corrected chi connectivity index (χ4v) is 2.54. The van der Waals surface area contributed by atoms with E-state index in [-0.39, 0.29) is 6.04 Å². The molecule has 0 radical (unpaired) electrons. The molecule has 82 valence electrons. The van der Waals surface area contributed by atoms with Crippen molar-refractivity contribution in [2.75, 3.05) is 0 Å². The third-order valence-corrected chi connectivity index (χ3v) is 3.64. The number of nitrogens with one attached hydrogen (secondary N) is 1. The zero-order chi connectivity index (χ0) is 11.1. The van der Waals surface area contributed by atoms with Crippen LogP contribution >= 0.6 is 0 Å². The summed E-state index contributed by atoms with van der Waals surface area (Å²) < 4.78 is 51.1. The summed E-state index contributed by atoms with van der Waals surface area (Å²) in [4.78, 5) is -0.504. The van der Waals surface area contributed by atoms with Crippen molar-refractivity contribution in [1.29, 1.82) is 0 Å². The fraction of sp³-hybridized carbons (Fsp3) is 0.333. The molecule has 2 rings (SSSR count). The Morgan fingerprint density at radius 1 is 1.27 bits per heavy atom. The highest BCUT2D eigenvalue weighted by Crippen LogP contribution is 2.23. The van der Waals surface area contributed by atoms with Gasteiger partial charge in [0.25, 0.3) is 0 Å². The summed E-state index contributed by atoms with van der Waals surface area (Å²) >= 11 is 0. The van der Waals surface area contributed by atoms with Gasteiger partial charge in [-0.25, -0.2) is 21.9 Å². The highest BCUT2D eigenvalue weighted by atomic mass is 32.2. The smallest absolute Gasteiger partial charge is 0.208 e. The SMILES string of the molecule is O=S(=O)(NC1CC1)c1ccc(F)cc1F. The Hall–Kier alpha value is -1.01. The molecule has 6 heteroatoms. The topological polar surface area (TPSA) is 46.2 Å². The summed E-state index contributed by atoms with van der Waals surface area (Å²) in [6.07, 6.45) is 1.53. The van der Waals surface area contributed by atoms with Crippen molar-refractivity contribution >= 4 is 10.0 Å². The van der Waals surface area contributed by atoms with Crippen LogP contribution in [0.25, 0.3) is 0 Å². The summed E-state index contributed by atoms with van der Waals surface area (Å²) in [5.74, 6) is -1.86. The quantitative estimate of drug-likeness (QED) is 0.857.